The predicted molar refractivity (Wildman–Crippen MR) is 61.6 cm³/mol. The number of H-pyrrole nitrogens is 1. The number of nitrogens with one attached hydrogen (secondary N) is 1. The van der Waals surface area contributed by atoms with Crippen molar-refractivity contribution in [1.29, 1.82) is 0 Å². The lowest BCUT2D eigenvalue weighted by Gasteiger charge is -2.02. The van der Waals surface area contributed by atoms with Gasteiger partial charge >= 0.3 is 5.97 Å². The molecule has 0 saturated heterocycles. The van der Waals surface area contributed by atoms with Crippen molar-refractivity contribution in [3.8, 4) is 0 Å². The van der Waals surface area contributed by atoms with Crippen LogP contribution in [0.15, 0.2) is 16.0 Å². The predicted octanol–water partition coefficient (Wildman–Crippen LogP) is 0.988. The Labute approximate surface area is 97.6 Å². The third-order valence-corrected chi connectivity index (χ3v) is 2.85. The molecule has 0 unspecified atom stereocenters. The van der Waals surface area contributed by atoms with E-state index >= 15 is 0 Å². The van der Waals surface area contributed by atoms with E-state index in [1.54, 1.807) is 0 Å². The minimum Gasteiger partial charge on any atom is -0.469 e. The van der Waals surface area contributed by atoms with Gasteiger partial charge in [-0.3, -0.25) is 9.59 Å². The van der Waals surface area contributed by atoms with E-state index < -0.39 is 5.97 Å². The van der Waals surface area contributed by atoms with Gasteiger partial charge in [0.1, 0.15) is 0 Å². The zero-order chi connectivity index (χ0) is 12.0. The van der Waals surface area contributed by atoms with Gasteiger partial charge < -0.3 is 9.72 Å². The second kappa shape index (κ2) is 6.32. The second-order valence-corrected chi connectivity index (χ2v) is 4.23. The summed E-state index contributed by atoms with van der Waals surface area (Å²) in [6.07, 6.45) is 1.02. The minimum atomic E-state index is -0.399. The Morgan fingerprint density at radius 1 is 1.62 bits per heavy atom. The highest BCUT2D eigenvalue weighted by Crippen LogP contribution is 2.12. The van der Waals surface area contributed by atoms with E-state index in [1.807, 2.05) is 6.92 Å². The Kier molecular flexibility index (Phi) is 5.04. The molecule has 1 N–H and O–H groups in total. The highest BCUT2D eigenvalue weighted by atomic mass is 32.2. The lowest BCUT2D eigenvalue weighted by Crippen LogP contribution is -2.13. The second-order valence-electron chi connectivity index (χ2n) is 3.14. The first kappa shape index (κ1) is 12.8. The van der Waals surface area contributed by atoms with Crippen LogP contribution in [0.2, 0.25) is 0 Å². The van der Waals surface area contributed by atoms with E-state index in [1.165, 1.54) is 24.9 Å². The molecule has 0 aliphatic rings. The Morgan fingerprint density at radius 2 is 2.38 bits per heavy atom. The molecule has 1 rings (SSSR count). The van der Waals surface area contributed by atoms with Crippen molar-refractivity contribution in [3.63, 3.8) is 0 Å². The fourth-order valence-corrected chi connectivity index (χ4v) is 1.81. The molecule has 88 valence electrons. The van der Waals surface area contributed by atoms with Crippen molar-refractivity contribution < 1.29 is 9.53 Å². The first-order valence-corrected chi connectivity index (χ1v) is 5.94. The molecule has 0 atom stereocenters. The van der Waals surface area contributed by atoms with Gasteiger partial charge in [0.05, 0.1) is 19.2 Å². The molecule has 1 aromatic rings. The number of nitrogens with zero attached hydrogens (tertiary/aromatic N) is 1. The Bertz CT molecular complexity index is 417. The van der Waals surface area contributed by atoms with Gasteiger partial charge in [-0.15, -0.1) is 0 Å². The molecular formula is C10H14N2O3S. The van der Waals surface area contributed by atoms with Gasteiger partial charge in [-0.2, -0.15) is 0 Å². The normalized spacial score (nSPS) is 10.1. The summed E-state index contributed by atoms with van der Waals surface area (Å²) in [5.74, 6) is 0.481. The van der Waals surface area contributed by atoms with Crippen LogP contribution in [0.5, 0.6) is 0 Å². The summed E-state index contributed by atoms with van der Waals surface area (Å²) < 4.78 is 4.52. The van der Waals surface area contributed by atoms with E-state index in [0.717, 1.165) is 12.2 Å². The van der Waals surface area contributed by atoms with Crippen molar-refractivity contribution in [2.75, 3.05) is 12.9 Å². The zero-order valence-corrected chi connectivity index (χ0v) is 10.1. The maximum absolute atomic E-state index is 11.3. The number of carbonyl (C=O) groups is 1. The number of ether oxygens (including phenoxy) is 1. The number of esters is 1. The Hall–Kier alpha value is -1.30. The van der Waals surface area contributed by atoms with Crippen molar-refractivity contribution >= 4 is 17.7 Å². The zero-order valence-electron chi connectivity index (χ0n) is 9.28. The van der Waals surface area contributed by atoms with Crippen LogP contribution in [0, 0.1) is 0 Å². The fourth-order valence-electron chi connectivity index (χ4n) is 1.06. The molecular weight excluding hydrogens is 228 g/mol. The van der Waals surface area contributed by atoms with Crippen molar-refractivity contribution in [3.05, 3.63) is 22.1 Å². The fraction of sp³-hybridized carbons (Fsp3) is 0.500. The van der Waals surface area contributed by atoms with Crippen LogP contribution in [0.3, 0.4) is 0 Å². The van der Waals surface area contributed by atoms with E-state index in [2.05, 4.69) is 14.7 Å². The van der Waals surface area contributed by atoms with Gasteiger partial charge in [0.15, 0.2) is 5.16 Å². The van der Waals surface area contributed by atoms with Crippen molar-refractivity contribution in [1.82, 2.24) is 9.97 Å². The van der Waals surface area contributed by atoms with Crippen molar-refractivity contribution in [2.24, 2.45) is 0 Å². The third kappa shape index (κ3) is 4.06. The number of carbonyl (C=O) groups excluding carboxylic acids is 1. The number of thioether (sulfide) groups is 1. The first-order chi connectivity index (χ1) is 7.65. The van der Waals surface area contributed by atoms with Crippen LogP contribution in [-0.4, -0.2) is 28.8 Å². The van der Waals surface area contributed by atoms with Gasteiger partial charge in [-0.1, -0.05) is 18.7 Å². The van der Waals surface area contributed by atoms with E-state index in [-0.39, 0.29) is 12.0 Å². The van der Waals surface area contributed by atoms with Gasteiger partial charge in [0.25, 0.3) is 5.56 Å². The van der Waals surface area contributed by atoms with Crippen LogP contribution in [0.25, 0.3) is 0 Å². The number of rotatable bonds is 5. The van der Waals surface area contributed by atoms with Gasteiger partial charge in [-0.25, -0.2) is 4.98 Å². The topological polar surface area (TPSA) is 72.0 Å². The standard InChI is InChI=1S/C10H14N2O3S/c1-3-4-16-10-11-7(5-8(13)12-10)6-9(14)15-2/h5H,3-4,6H2,1-2H3,(H,11,12,13). The lowest BCUT2D eigenvalue weighted by atomic mass is 10.3. The highest BCUT2D eigenvalue weighted by molar-refractivity contribution is 7.99. The maximum atomic E-state index is 11.3. The molecule has 1 heterocycles. The smallest absolute Gasteiger partial charge is 0.311 e. The first-order valence-electron chi connectivity index (χ1n) is 4.95. The molecule has 0 bridgehead atoms. The van der Waals surface area contributed by atoms with E-state index in [0.29, 0.717) is 10.9 Å². The highest BCUT2D eigenvalue weighted by Gasteiger charge is 2.07. The van der Waals surface area contributed by atoms with Crippen LogP contribution in [-0.2, 0) is 16.0 Å². The average molecular weight is 242 g/mol. The summed E-state index contributed by atoms with van der Waals surface area (Å²) >= 11 is 1.46. The molecule has 0 spiro atoms. The van der Waals surface area contributed by atoms with Gasteiger partial charge in [-0.05, 0) is 6.42 Å². The number of hydrogen-bond donors (Lipinski definition) is 1. The summed E-state index contributed by atoms with van der Waals surface area (Å²) in [6, 6.07) is 1.31. The van der Waals surface area contributed by atoms with Crippen LogP contribution < -0.4 is 5.56 Å². The Balaban J connectivity index is 2.81. The SMILES string of the molecule is CCCSc1nc(CC(=O)OC)cc(=O)[nH]1. The van der Waals surface area contributed by atoms with Crippen LogP contribution in [0.1, 0.15) is 19.0 Å². The molecule has 0 aromatic carbocycles. The average Bonchev–Trinajstić information content (AvgIpc) is 2.25. The summed E-state index contributed by atoms with van der Waals surface area (Å²) in [5.41, 5.74) is 0.196. The van der Waals surface area contributed by atoms with Crippen molar-refractivity contribution in [2.45, 2.75) is 24.9 Å². The largest absolute Gasteiger partial charge is 0.469 e. The molecule has 6 heteroatoms. The van der Waals surface area contributed by atoms with Crippen LogP contribution in [0.4, 0.5) is 0 Å². The van der Waals surface area contributed by atoms with Crippen LogP contribution >= 0.6 is 11.8 Å². The molecule has 0 aliphatic heterocycles. The molecule has 0 radical (unpaired) electrons. The number of aromatic nitrogens is 2. The van der Waals surface area contributed by atoms with E-state index in [9.17, 15) is 9.59 Å². The maximum Gasteiger partial charge on any atom is 0.311 e. The molecule has 0 amide bonds. The summed E-state index contributed by atoms with van der Waals surface area (Å²) in [7, 11) is 1.31. The molecule has 5 nitrogen and oxygen atoms in total. The van der Waals surface area contributed by atoms with Gasteiger partial charge in [0.2, 0.25) is 0 Å². The molecule has 0 aliphatic carbocycles. The molecule has 0 saturated carbocycles. The summed E-state index contributed by atoms with van der Waals surface area (Å²) in [5, 5.41) is 0.549. The monoisotopic (exact) mass is 242 g/mol. The molecule has 1 aromatic heterocycles. The Morgan fingerprint density at radius 3 is 3.00 bits per heavy atom. The quantitative estimate of drug-likeness (QED) is 0.473. The van der Waals surface area contributed by atoms with Gasteiger partial charge in [0, 0.05) is 11.8 Å². The number of hydrogen-bond acceptors (Lipinski definition) is 5. The molecule has 16 heavy (non-hydrogen) atoms. The third-order valence-electron chi connectivity index (χ3n) is 1.77. The number of aromatic amines is 1. The van der Waals surface area contributed by atoms with E-state index in [4.69, 9.17) is 0 Å². The summed E-state index contributed by atoms with van der Waals surface area (Å²) in [6.45, 7) is 2.05. The summed E-state index contributed by atoms with van der Waals surface area (Å²) in [4.78, 5) is 29.1. The lowest BCUT2D eigenvalue weighted by molar-refractivity contribution is -0.139. The molecule has 0 fully saturated rings. The minimum absolute atomic E-state index is 0.0279. The number of methoxy groups -OCH3 is 1.